The van der Waals surface area contributed by atoms with Gasteiger partial charge in [-0.3, -0.25) is 0 Å². The van der Waals surface area contributed by atoms with Crippen molar-refractivity contribution in [1.82, 2.24) is 0 Å². The zero-order chi connectivity index (χ0) is 27.9. The van der Waals surface area contributed by atoms with Crippen LogP contribution in [0.25, 0.3) is 0 Å². The Bertz CT molecular complexity index is 1240. The molecule has 0 saturated heterocycles. The Labute approximate surface area is 281 Å². The van der Waals surface area contributed by atoms with E-state index < -0.39 is 8.07 Å². The molecule has 1 unspecified atom stereocenters. The van der Waals surface area contributed by atoms with Gasteiger partial charge in [0, 0.05) is 0 Å². The van der Waals surface area contributed by atoms with E-state index in [0.717, 1.165) is 0 Å². The maximum Gasteiger partial charge on any atom is -1.00 e. The first-order valence-electron chi connectivity index (χ1n) is 14.3. The number of halogens is 3. The number of allylic oxidation sites excluding steroid dienone is 4. The van der Waals surface area contributed by atoms with Crippen LogP contribution < -0.4 is 52.8 Å². The van der Waals surface area contributed by atoms with Crippen LogP contribution in [0.3, 0.4) is 0 Å². The summed E-state index contributed by atoms with van der Waals surface area (Å²) in [4.78, 5) is 0. The molecule has 0 nitrogen and oxygen atoms in total. The minimum absolute atomic E-state index is 0. The molecule has 218 valence electrons. The molecule has 0 bridgehead atoms. The Morgan fingerprint density at radius 1 is 0.610 bits per heavy atom. The van der Waals surface area contributed by atoms with Gasteiger partial charge in [0.05, 0.1) is 0 Å². The summed E-state index contributed by atoms with van der Waals surface area (Å²) in [7, 11) is -2.67. The third-order valence-electron chi connectivity index (χ3n) is 8.39. The first kappa shape index (κ1) is 38.0. The molecule has 5 heteroatoms. The summed E-state index contributed by atoms with van der Waals surface area (Å²) in [5, 5.41) is 4.53. The Hall–Kier alpha value is -1.06. The standard InChI is InChI=1S/C36H45Si.3ClH.Ti/c1-25(2)28-14-10-17-31(22-28)37(32-18-11-15-29(23-32)26(3)4,33-19-12-16-30(24-33)27(5)6)35-21-13-20-34(35)36(7,8)9;;;;/h10-27H,1-9H3;3*1H;/q;;;;+3/p-3. The Morgan fingerprint density at radius 3 is 1.24 bits per heavy atom. The maximum atomic E-state index is 2.55. The van der Waals surface area contributed by atoms with Gasteiger partial charge in [-0.15, -0.1) is 0 Å². The molecule has 3 aromatic carbocycles. The van der Waals surface area contributed by atoms with Crippen molar-refractivity contribution < 1.29 is 57.7 Å². The van der Waals surface area contributed by atoms with Crippen molar-refractivity contribution in [2.75, 3.05) is 0 Å². The van der Waals surface area contributed by atoms with Crippen molar-refractivity contribution in [2.24, 2.45) is 5.41 Å². The van der Waals surface area contributed by atoms with Gasteiger partial charge >= 0.3 is 246 Å². The second kappa shape index (κ2) is 14.6. The van der Waals surface area contributed by atoms with Crippen molar-refractivity contribution in [1.29, 1.82) is 0 Å². The van der Waals surface area contributed by atoms with Crippen LogP contribution in [0.5, 0.6) is 0 Å². The SMILES string of the molecule is CC(C)c1cccc([Si](c2cccc(C(C)C)c2)(c2cccc(C(C)C)c2)[C]2([Ti+3])C=CC=C2C(C)(C)C)c1.[Cl-].[Cl-].[Cl-]. The van der Waals surface area contributed by atoms with Crippen molar-refractivity contribution in [3.8, 4) is 0 Å². The molecule has 0 spiro atoms. The van der Waals surface area contributed by atoms with Crippen LogP contribution in [-0.4, -0.2) is 8.07 Å². The van der Waals surface area contributed by atoms with E-state index >= 15 is 0 Å². The van der Waals surface area contributed by atoms with E-state index in [4.69, 9.17) is 0 Å². The summed E-state index contributed by atoms with van der Waals surface area (Å²) in [5.74, 6) is 1.45. The fourth-order valence-electron chi connectivity index (χ4n) is 6.25. The van der Waals surface area contributed by atoms with Crippen LogP contribution in [-0.2, 0) is 20.4 Å². The number of rotatable bonds is 7. The van der Waals surface area contributed by atoms with Crippen LogP contribution in [0, 0.1) is 5.41 Å². The van der Waals surface area contributed by atoms with Crippen molar-refractivity contribution >= 4 is 23.6 Å². The molecule has 41 heavy (non-hydrogen) atoms. The van der Waals surface area contributed by atoms with Gasteiger partial charge in [0.2, 0.25) is 0 Å². The average molecular weight is 660 g/mol. The van der Waals surface area contributed by atoms with Crippen molar-refractivity contribution in [2.45, 2.75) is 83.4 Å². The molecule has 1 atom stereocenters. The van der Waals surface area contributed by atoms with Crippen LogP contribution in [0.2, 0.25) is 3.34 Å². The smallest absolute Gasteiger partial charge is 1.00 e. The van der Waals surface area contributed by atoms with Crippen LogP contribution >= 0.6 is 0 Å². The molecule has 0 N–H and O–H groups in total. The Balaban J connectivity index is 0.00000280. The van der Waals surface area contributed by atoms with E-state index in [1.165, 1.54) is 37.8 Å². The molecule has 0 saturated carbocycles. The van der Waals surface area contributed by atoms with E-state index in [0.29, 0.717) is 17.8 Å². The van der Waals surface area contributed by atoms with Crippen molar-refractivity contribution in [3.05, 3.63) is 113 Å². The minimum Gasteiger partial charge on any atom is -1.00 e. The zero-order valence-corrected chi connectivity index (χ0v) is 30.9. The van der Waals surface area contributed by atoms with Crippen LogP contribution in [0.4, 0.5) is 0 Å². The van der Waals surface area contributed by atoms with Gasteiger partial charge in [0.25, 0.3) is 0 Å². The molecule has 3 aromatic rings. The predicted octanol–water partition coefficient (Wildman–Crippen LogP) is -0.674. The van der Waals surface area contributed by atoms with Gasteiger partial charge in [-0.2, -0.15) is 0 Å². The van der Waals surface area contributed by atoms with Gasteiger partial charge in [0.1, 0.15) is 0 Å². The summed E-state index contributed by atoms with van der Waals surface area (Å²) >= 11 is 2.55. The molecule has 0 radical (unpaired) electrons. The first-order valence-corrected chi connectivity index (χ1v) is 17.1. The second-order valence-corrected chi connectivity index (χ2v) is 19.1. The molecule has 0 heterocycles. The van der Waals surface area contributed by atoms with Crippen LogP contribution in [0.1, 0.15) is 96.8 Å². The van der Waals surface area contributed by atoms with Gasteiger partial charge in [-0.1, -0.05) is 0 Å². The number of hydrogen-bond acceptors (Lipinski definition) is 0. The fourth-order valence-corrected chi connectivity index (χ4v) is 14.9. The van der Waals surface area contributed by atoms with E-state index in [9.17, 15) is 0 Å². The number of benzene rings is 3. The van der Waals surface area contributed by atoms with Gasteiger partial charge in [0.15, 0.2) is 0 Å². The quantitative estimate of drug-likeness (QED) is 0.233. The summed E-state index contributed by atoms with van der Waals surface area (Å²) < 4.78 is -0.119. The summed E-state index contributed by atoms with van der Waals surface area (Å²) in [5.41, 5.74) is 5.86. The fraction of sp³-hybridized carbons (Fsp3) is 0.389. The summed E-state index contributed by atoms with van der Waals surface area (Å²) in [6.07, 6.45) is 7.31. The molecular formula is C36H45Cl3SiTi. The molecular weight excluding hydrogens is 615 g/mol. The predicted molar refractivity (Wildman–Crippen MR) is 166 cm³/mol. The first-order chi connectivity index (χ1) is 17.8. The van der Waals surface area contributed by atoms with Gasteiger partial charge in [-0.05, 0) is 0 Å². The molecule has 1 aliphatic carbocycles. The topological polar surface area (TPSA) is 0 Å². The maximum absolute atomic E-state index is 2.67. The molecule has 1 aliphatic rings. The molecule has 0 fully saturated rings. The van der Waals surface area contributed by atoms with Crippen LogP contribution in [0.15, 0.2) is 96.6 Å². The van der Waals surface area contributed by atoms with Gasteiger partial charge in [-0.25, -0.2) is 0 Å². The Kier molecular flexibility index (Phi) is 13.5. The molecule has 4 rings (SSSR count). The van der Waals surface area contributed by atoms with E-state index in [1.54, 1.807) is 0 Å². The molecule has 0 aliphatic heterocycles. The Morgan fingerprint density at radius 2 is 0.951 bits per heavy atom. The largest absolute Gasteiger partial charge is 1.00 e. The molecule has 0 aromatic heterocycles. The average Bonchev–Trinajstić information content (AvgIpc) is 3.28. The summed E-state index contributed by atoms with van der Waals surface area (Å²) in [6, 6.07) is 28.9. The van der Waals surface area contributed by atoms with Crippen molar-refractivity contribution in [3.63, 3.8) is 0 Å². The normalized spacial score (nSPS) is 16.8. The molecule has 0 amide bonds. The summed E-state index contributed by atoms with van der Waals surface area (Å²) in [6.45, 7) is 21.1. The minimum atomic E-state index is -2.67. The van der Waals surface area contributed by atoms with Gasteiger partial charge < -0.3 is 37.2 Å². The zero-order valence-electron chi connectivity index (χ0n) is 26.0. The van der Waals surface area contributed by atoms with E-state index in [-0.39, 0.29) is 46.0 Å². The number of hydrogen-bond donors (Lipinski definition) is 0. The second-order valence-electron chi connectivity index (χ2n) is 13.1. The third-order valence-corrected chi connectivity index (χ3v) is 16.0. The third kappa shape index (κ3) is 7.03. The monoisotopic (exact) mass is 658 g/mol. The van der Waals surface area contributed by atoms with E-state index in [2.05, 4.69) is 174 Å². The van der Waals surface area contributed by atoms with E-state index in [1.807, 2.05) is 0 Å².